The fourth-order valence-electron chi connectivity index (χ4n) is 8.96. The largest absolute Gasteiger partial charge is 0.504 e. The Balaban J connectivity index is 0.000000147. The van der Waals surface area contributed by atoms with Crippen LogP contribution >= 0.6 is 0 Å². The van der Waals surface area contributed by atoms with E-state index in [-0.39, 0.29) is 96.5 Å². The Morgan fingerprint density at radius 2 is 1.43 bits per heavy atom. The Bertz CT molecular complexity index is 2940. The molecule has 8 heterocycles. The van der Waals surface area contributed by atoms with Crippen molar-refractivity contribution in [2.45, 2.75) is 77.2 Å². The Kier molecular flexibility index (Phi) is 19.9. The number of halogens is 3. The fourth-order valence-corrected chi connectivity index (χ4v) is 8.96. The molecule has 4 N–H and O–H groups in total. The number of phenolic OH excluding ortho intramolecular Hbond substituents is 1. The maximum absolute atomic E-state index is 13.7. The van der Waals surface area contributed by atoms with Crippen LogP contribution in [0, 0.1) is 22.9 Å². The van der Waals surface area contributed by atoms with E-state index in [1.807, 2.05) is 6.07 Å². The number of nitrogens with one attached hydrogen (secondary N) is 3. The van der Waals surface area contributed by atoms with Crippen LogP contribution in [-0.2, 0) is 20.7 Å². The molecular formula is C56H66F3N11O9. The van der Waals surface area contributed by atoms with Crippen LogP contribution in [0.15, 0.2) is 102 Å². The number of ketones is 1. The number of amides is 2. The molecule has 3 saturated heterocycles. The summed E-state index contributed by atoms with van der Waals surface area (Å²) in [5.74, 6) is 0.0388. The summed E-state index contributed by atoms with van der Waals surface area (Å²) < 4.78 is 68.6. The molecule has 20 nitrogen and oxygen atoms in total. The first-order valence-electron chi connectivity index (χ1n) is 26.4. The smallest absolute Gasteiger partial charge is 0.350 e. The van der Waals surface area contributed by atoms with E-state index in [1.165, 1.54) is 97.0 Å². The molecule has 0 spiro atoms. The van der Waals surface area contributed by atoms with E-state index >= 15 is 0 Å². The Labute approximate surface area is 456 Å². The quantitative estimate of drug-likeness (QED) is 0.0637. The number of hydrogen-bond donors (Lipinski definition) is 4. The van der Waals surface area contributed by atoms with Gasteiger partial charge in [-0.25, -0.2) is 33.0 Å². The zero-order valence-corrected chi connectivity index (χ0v) is 44.4. The molecule has 0 radical (unpaired) electrons. The normalized spacial score (nSPS) is 18.7. The molecule has 5 aromatic rings. The number of aromatic nitrogens is 2. The van der Waals surface area contributed by atoms with Crippen molar-refractivity contribution in [3.05, 3.63) is 126 Å². The van der Waals surface area contributed by atoms with Gasteiger partial charge in [-0.3, -0.25) is 19.6 Å². The van der Waals surface area contributed by atoms with Gasteiger partial charge in [0.05, 0.1) is 30.9 Å². The topological polar surface area (TPSA) is 221 Å². The number of ether oxygens (including phenoxy) is 5. The van der Waals surface area contributed by atoms with Crippen molar-refractivity contribution >= 4 is 41.8 Å². The van der Waals surface area contributed by atoms with Crippen LogP contribution in [0.3, 0.4) is 0 Å². The molecular weight excluding hydrogens is 1030 g/mol. The second-order valence-corrected chi connectivity index (χ2v) is 19.0. The summed E-state index contributed by atoms with van der Waals surface area (Å²) in [6.45, 7) is 14.4. The van der Waals surface area contributed by atoms with Crippen LogP contribution in [-0.4, -0.2) is 155 Å². The van der Waals surface area contributed by atoms with Gasteiger partial charge in [0.1, 0.15) is 48.3 Å². The molecule has 23 heteroatoms. The molecule has 0 saturated carbocycles. The number of likely N-dealkylation sites (tertiary alicyclic amines) is 1. The zero-order valence-electron chi connectivity index (χ0n) is 44.4. The maximum atomic E-state index is 13.7. The van der Waals surface area contributed by atoms with Gasteiger partial charge in [0.15, 0.2) is 35.5 Å². The van der Waals surface area contributed by atoms with E-state index in [9.17, 15) is 32.7 Å². The minimum absolute atomic E-state index is 0.000342. The predicted octanol–water partition coefficient (Wildman–Crippen LogP) is 7.54. The average Bonchev–Trinajstić information content (AvgIpc) is 4.33. The Hall–Kier alpha value is -8.02. The number of guanidine groups is 1. The van der Waals surface area contributed by atoms with Gasteiger partial charge in [-0.1, -0.05) is 45.0 Å². The van der Waals surface area contributed by atoms with Gasteiger partial charge in [0, 0.05) is 94.2 Å². The lowest BCUT2D eigenvalue weighted by atomic mass is 10.0. The summed E-state index contributed by atoms with van der Waals surface area (Å²) >= 11 is 0. The van der Waals surface area contributed by atoms with Gasteiger partial charge in [-0.2, -0.15) is 10.2 Å². The van der Waals surface area contributed by atoms with Crippen LogP contribution in [0.5, 0.6) is 28.7 Å². The number of nitrogens with zero attached hydrogens (tertiary/aromatic N) is 8. The third-order valence-electron chi connectivity index (χ3n) is 13.5. The highest BCUT2D eigenvalue weighted by Gasteiger charge is 2.37. The molecule has 0 unspecified atom stereocenters. The molecule has 12 rings (SSSR count). The highest BCUT2D eigenvalue weighted by atomic mass is 19.1. The third-order valence-corrected chi connectivity index (χ3v) is 13.5. The van der Waals surface area contributed by atoms with Crippen molar-refractivity contribution < 1.29 is 56.3 Å². The fraction of sp³-hybridized carbons (Fsp3) is 0.411. The highest BCUT2D eigenvalue weighted by molar-refractivity contribution is 5.96. The number of Topliss-reactive ketones (excluding diaryl/α,β-unsaturated/α-hetero) is 1. The molecule has 0 bridgehead atoms. The number of benzene rings is 4. The Morgan fingerprint density at radius 3 is 2.00 bits per heavy atom. The first kappa shape index (κ1) is 57.2. The molecule has 7 aliphatic rings. The predicted molar refractivity (Wildman–Crippen MR) is 289 cm³/mol. The number of rotatable bonds is 9. The minimum Gasteiger partial charge on any atom is -0.504 e. The van der Waals surface area contributed by atoms with E-state index in [0.717, 1.165) is 37.4 Å². The van der Waals surface area contributed by atoms with Crippen molar-refractivity contribution in [3.8, 4) is 28.7 Å². The van der Waals surface area contributed by atoms with Crippen LogP contribution < -0.4 is 29.6 Å². The van der Waals surface area contributed by atoms with E-state index in [0.29, 0.717) is 48.7 Å². The van der Waals surface area contributed by atoms with Crippen LogP contribution in [0.25, 0.3) is 0 Å². The number of hydrogen-bond acceptors (Lipinski definition) is 15. The second kappa shape index (κ2) is 27.5. The van der Waals surface area contributed by atoms with E-state index in [1.54, 1.807) is 52.8 Å². The number of carbonyl (C=O) groups is 3. The number of imidazole rings is 1. The maximum Gasteiger partial charge on any atom is 0.350 e. The number of fused-ring (bicyclic) bond motifs is 2. The first-order valence-corrected chi connectivity index (χ1v) is 26.4. The lowest BCUT2D eigenvalue weighted by Gasteiger charge is -2.43. The van der Waals surface area contributed by atoms with Gasteiger partial charge < -0.3 is 49.2 Å². The monoisotopic (exact) mass is 1090 g/mol. The van der Waals surface area contributed by atoms with Crippen molar-refractivity contribution in [1.29, 1.82) is 5.41 Å². The lowest BCUT2D eigenvalue weighted by molar-refractivity contribution is -0.121. The molecule has 3 fully saturated rings. The van der Waals surface area contributed by atoms with E-state index < -0.39 is 5.82 Å². The summed E-state index contributed by atoms with van der Waals surface area (Å²) in [5, 5.41) is 35.7. The summed E-state index contributed by atoms with van der Waals surface area (Å²) in [6, 6.07) is 17.5. The summed E-state index contributed by atoms with van der Waals surface area (Å²) in [6.07, 6.45) is 11.7. The summed E-state index contributed by atoms with van der Waals surface area (Å²) in [5.41, 5.74) is 2.63. The van der Waals surface area contributed by atoms with Gasteiger partial charge >= 0.3 is 6.03 Å². The van der Waals surface area contributed by atoms with Gasteiger partial charge in [0.2, 0.25) is 5.96 Å². The number of hydrazone groups is 2. The Morgan fingerprint density at radius 1 is 0.797 bits per heavy atom. The standard InChI is InChI=1S/C21H20FN5O4.C13H11FN4O.C12H12FNO3.C6H15N.C4H8O/c22-13-3-1-2-12(6-13)16-4-5-24-27(16)21(23)26-9-14(10-26)31-19-7-15-18(8-17(19)28)30-11-20(29)25-15;14-11-3-1-2-10(8-11)12-4-5-16-18(12)13(19)17-7-6-15-9-17;13-10-3-11-7(1-8(15)6-16-11)2-12(10)17-9-4-14-5-9;1-4-7(5-2)6-3;1-2-4-5-3-1/h1-3,5-8,14,16,23,28H,4,9-11H2,(H,25,29);1-3,5-9,12H,4H2;2-3,9,14H,1,4-6H2;4-6H2,1-3H3;1-4H2/t16-;12-;;;/m00.../s1. The van der Waals surface area contributed by atoms with Crippen LogP contribution in [0.4, 0.5) is 23.7 Å². The van der Waals surface area contributed by atoms with Crippen molar-refractivity contribution in [2.24, 2.45) is 10.2 Å². The molecule has 420 valence electrons. The van der Waals surface area contributed by atoms with Gasteiger partial charge in [0.25, 0.3) is 5.91 Å². The van der Waals surface area contributed by atoms with Gasteiger partial charge in [-0.15, -0.1) is 0 Å². The van der Waals surface area contributed by atoms with Crippen LogP contribution in [0.2, 0.25) is 0 Å². The number of phenols is 1. The third kappa shape index (κ3) is 15.2. The van der Waals surface area contributed by atoms with E-state index in [4.69, 9.17) is 29.1 Å². The van der Waals surface area contributed by atoms with Crippen molar-refractivity contribution in [1.82, 2.24) is 34.7 Å². The SMILES string of the molecule is C1CCOC1.CCN(CC)CC.N=C(N1CC(Oc2cc3c(cc2O)OCC(=O)N3)C1)N1N=CC[C@H]1c1cccc(F)c1.O=C(N1N=CC[C@H]1c1cccc(F)c1)n1ccnc1.O=C1COc2cc(F)c(OC3CNC3)cc2C1. The highest BCUT2D eigenvalue weighted by Crippen LogP contribution is 2.40. The molecule has 2 atom stereocenters. The van der Waals surface area contributed by atoms with E-state index in [2.05, 4.69) is 51.5 Å². The van der Waals surface area contributed by atoms with Gasteiger partial charge in [-0.05, 0) is 73.9 Å². The number of carbonyl (C=O) groups excluding carboxylic acids is 3. The summed E-state index contributed by atoms with van der Waals surface area (Å²) in [7, 11) is 0. The molecule has 7 aliphatic heterocycles. The van der Waals surface area contributed by atoms with Crippen molar-refractivity contribution in [3.63, 3.8) is 0 Å². The number of anilines is 1. The van der Waals surface area contributed by atoms with Crippen molar-refractivity contribution in [2.75, 3.05) is 77.6 Å². The first-order chi connectivity index (χ1) is 38.3. The minimum atomic E-state index is -0.440. The molecule has 4 aromatic carbocycles. The average molecular weight is 1090 g/mol. The molecule has 2 amide bonds. The molecule has 0 aliphatic carbocycles. The second-order valence-electron chi connectivity index (χ2n) is 19.0. The van der Waals surface area contributed by atoms with Crippen LogP contribution in [0.1, 0.15) is 75.2 Å². The molecule has 79 heavy (non-hydrogen) atoms. The zero-order chi connectivity index (χ0) is 55.8. The lowest BCUT2D eigenvalue weighted by Crippen LogP contribution is -2.59. The number of aromatic hydroxyl groups is 1. The molecule has 1 aromatic heterocycles. The summed E-state index contributed by atoms with van der Waals surface area (Å²) in [4.78, 5) is 43.0.